The van der Waals surface area contributed by atoms with Gasteiger partial charge in [-0.2, -0.15) is 0 Å². The highest BCUT2D eigenvalue weighted by Gasteiger charge is 2.23. The van der Waals surface area contributed by atoms with Gasteiger partial charge >= 0.3 is 0 Å². The SMILES string of the molecule is Cc1nc2cc(OCCCCOCCCC(c3c[nH]c4cc(Br)ccc34)N3CC=CCC3)ccc2s1. The molecule has 0 spiro atoms. The molecular weight excluding hydrogens is 534 g/mol. The minimum Gasteiger partial charge on any atom is -0.494 e. The van der Waals surface area contributed by atoms with E-state index in [2.05, 4.69) is 73.4 Å². The van der Waals surface area contributed by atoms with Gasteiger partial charge in [-0.3, -0.25) is 4.90 Å². The molecule has 2 aromatic carbocycles. The summed E-state index contributed by atoms with van der Waals surface area (Å²) in [6.45, 7) is 6.46. The zero-order valence-corrected chi connectivity index (χ0v) is 23.2. The summed E-state index contributed by atoms with van der Waals surface area (Å²) in [5.74, 6) is 0.900. The van der Waals surface area contributed by atoms with E-state index in [-0.39, 0.29) is 0 Å². The standard InChI is InChI=1S/C29H34BrN3O2S/c1-21-32-27-19-23(10-12-29(27)36-21)35-17-6-5-15-34-16-7-8-28(33-13-3-2-4-14-33)25-20-31-26-18-22(30)9-11-24(25)26/h2-3,9-12,18-20,28,31H,4-8,13-17H2,1H3. The fourth-order valence-corrected chi connectivity index (χ4v) is 6.13. The first-order valence-corrected chi connectivity index (χ1v) is 14.5. The van der Waals surface area contributed by atoms with E-state index in [1.807, 2.05) is 19.1 Å². The maximum Gasteiger partial charge on any atom is 0.121 e. The largest absolute Gasteiger partial charge is 0.494 e. The number of thiazole rings is 1. The topological polar surface area (TPSA) is 50.4 Å². The molecule has 0 saturated carbocycles. The molecule has 5 nitrogen and oxygen atoms in total. The van der Waals surface area contributed by atoms with Gasteiger partial charge in [0.15, 0.2) is 0 Å². The van der Waals surface area contributed by atoms with Gasteiger partial charge in [-0.25, -0.2) is 4.98 Å². The molecule has 190 valence electrons. The Morgan fingerprint density at radius 3 is 2.86 bits per heavy atom. The number of aryl methyl sites for hydroxylation is 1. The number of H-pyrrole nitrogens is 1. The van der Waals surface area contributed by atoms with Crippen LogP contribution in [0, 0.1) is 6.92 Å². The van der Waals surface area contributed by atoms with Gasteiger partial charge in [0.05, 0.1) is 21.8 Å². The van der Waals surface area contributed by atoms with Gasteiger partial charge in [-0.05, 0) is 68.9 Å². The predicted octanol–water partition coefficient (Wildman–Crippen LogP) is 7.81. The van der Waals surface area contributed by atoms with Crippen LogP contribution in [0.2, 0.25) is 0 Å². The first-order chi connectivity index (χ1) is 17.7. The van der Waals surface area contributed by atoms with Gasteiger partial charge in [-0.15, -0.1) is 11.3 Å². The highest BCUT2D eigenvalue weighted by atomic mass is 79.9. The van der Waals surface area contributed by atoms with Crippen molar-refractivity contribution in [2.75, 3.05) is 32.9 Å². The maximum absolute atomic E-state index is 5.99. The number of aromatic nitrogens is 2. The summed E-state index contributed by atoms with van der Waals surface area (Å²) in [5.41, 5.74) is 3.62. The average Bonchev–Trinajstić information content (AvgIpc) is 3.47. The lowest BCUT2D eigenvalue weighted by molar-refractivity contribution is 0.112. The molecular formula is C29H34BrN3O2S. The van der Waals surface area contributed by atoms with Gasteiger partial charge in [0.25, 0.3) is 0 Å². The van der Waals surface area contributed by atoms with Crippen LogP contribution in [-0.2, 0) is 4.74 Å². The average molecular weight is 569 g/mol. The Morgan fingerprint density at radius 1 is 1.08 bits per heavy atom. The van der Waals surface area contributed by atoms with Crippen LogP contribution in [0.25, 0.3) is 21.1 Å². The van der Waals surface area contributed by atoms with Crippen molar-refractivity contribution in [2.24, 2.45) is 0 Å². The van der Waals surface area contributed by atoms with Gasteiger partial charge in [-0.1, -0.05) is 34.1 Å². The Kier molecular flexibility index (Phi) is 8.75. The summed E-state index contributed by atoms with van der Waals surface area (Å²) in [5, 5.41) is 2.41. The number of nitrogens with one attached hydrogen (secondary N) is 1. The molecule has 7 heteroatoms. The van der Waals surface area contributed by atoms with Crippen LogP contribution in [0.4, 0.5) is 0 Å². The molecule has 5 rings (SSSR count). The lowest BCUT2D eigenvalue weighted by atomic mass is 9.98. The molecule has 0 aliphatic carbocycles. The Morgan fingerprint density at radius 2 is 1.97 bits per heavy atom. The number of fused-ring (bicyclic) bond motifs is 2. The number of hydrogen-bond acceptors (Lipinski definition) is 5. The van der Waals surface area contributed by atoms with Crippen molar-refractivity contribution in [3.05, 3.63) is 69.8 Å². The molecule has 0 saturated heterocycles. The highest BCUT2D eigenvalue weighted by molar-refractivity contribution is 9.10. The third kappa shape index (κ3) is 6.38. The number of halogens is 1. The van der Waals surface area contributed by atoms with E-state index >= 15 is 0 Å². The summed E-state index contributed by atoms with van der Waals surface area (Å²) in [6, 6.07) is 13.1. The van der Waals surface area contributed by atoms with Crippen molar-refractivity contribution in [1.29, 1.82) is 0 Å². The van der Waals surface area contributed by atoms with Crippen LogP contribution in [-0.4, -0.2) is 47.8 Å². The smallest absolute Gasteiger partial charge is 0.121 e. The van der Waals surface area contributed by atoms with E-state index in [0.29, 0.717) is 12.6 Å². The summed E-state index contributed by atoms with van der Waals surface area (Å²) in [6.07, 6.45) is 12.1. The van der Waals surface area contributed by atoms with E-state index < -0.39 is 0 Å². The van der Waals surface area contributed by atoms with Gasteiger partial charge in [0.1, 0.15) is 5.75 Å². The van der Waals surface area contributed by atoms with E-state index in [1.54, 1.807) is 11.3 Å². The van der Waals surface area contributed by atoms with Gasteiger partial charge in [0.2, 0.25) is 0 Å². The van der Waals surface area contributed by atoms with Crippen LogP contribution in [0.15, 0.2) is 59.2 Å². The van der Waals surface area contributed by atoms with E-state index in [4.69, 9.17) is 9.47 Å². The summed E-state index contributed by atoms with van der Waals surface area (Å²) in [7, 11) is 0. The Balaban J connectivity index is 1.04. The van der Waals surface area contributed by atoms with Crippen LogP contribution in [0.5, 0.6) is 5.75 Å². The molecule has 1 N–H and O–H groups in total. The number of unbranched alkanes of at least 4 members (excludes halogenated alkanes) is 1. The fraction of sp³-hybridized carbons (Fsp3) is 0.414. The molecule has 1 aliphatic heterocycles. The molecule has 1 unspecified atom stereocenters. The molecule has 1 atom stereocenters. The molecule has 3 heterocycles. The quantitative estimate of drug-likeness (QED) is 0.140. The van der Waals surface area contributed by atoms with Crippen LogP contribution >= 0.6 is 27.3 Å². The molecule has 0 bridgehead atoms. The van der Waals surface area contributed by atoms with Crippen LogP contribution < -0.4 is 4.74 Å². The Labute approximate surface area is 225 Å². The first kappa shape index (κ1) is 25.5. The third-order valence-electron chi connectivity index (χ3n) is 6.75. The van der Waals surface area contributed by atoms with E-state index in [1.165, 1.54) is 21.2 Å². The van der Waals surface area contributed by atoms with Gasteiger partial charge < -0.3 is 14.5 Å². The molecule has 2 aromatic heterocycles. The second-order valence-corrected chi connectivity index (χ2v) is 11.5. The van der Waals surface area contributed by atoms with Gasteiger partial charge in [0, 0.05) is 60.0 Å². The number of aromatic amines is 1. The first-order valence-electron chi connectivity index (χ1n) is 12.9. The molecule has 1 aliphatic rings. The normalized spacial score (nSPS) is 15.2. The minimum atomic E-state index is 0.403. The lowest BCUT2D eigenvalue weighted by Gasteiger charge is -2.32. The molecule has 0 amide bonds. The van der Waals surface area contributed by atoms with Crippen molar-refractivity contribution in [3.8, 4) is 5.75 Å². The number of rotatable bonds is 12. The predicted molar refractivity (Wildman–Crippen MR) is 153 cm³/mol. The van der Waals surface area contributed by atoms with E-state index in [9.17, 15) is 0 Å². The molecule has 36 heavy (non-hydrogen) atoms. The second-order valence-electron chi connectivity index (χ2n) is 9.38. The molecule has 0 fully saturated rings. The van der Waals surface area contributed by atoms with Crippen LogP contribution in [0.3, 0.4) is 0 Å². The monoisotopic (exact) mass is 567 g/mol. The number of nitrogens with zero attached hydrogens (tertiary/aromatic N) is 2. The van der Waals surface area contributed by atoms with Crippen molar-refractivity contribution < 1.29 is 9.47 Å². The van der Waals surface area contributed by atoms with Crippen molar-refractivity contribution in [3.63, 3.8) is 0 Å². The Bertz CT molecular complexity index is 1310. The summed E-state index contributed by atoms with van der Waals surface area (Å²) in [4.78, 5) is 10.6. The lowest BCUT2D eigenvalue weighted by Crippen LogP contribution is -2.32. The second kappa shape index (κ2) is 12.4. The molecule has 4 aromatic rings. The molecule has 0 radical (unpaired) electrons. The van der Waals surface area contributed by atoms with E-state index in [0.717, 1.165) is 79.2 Å². The number of benzene rings is 2. The number of ether oxygens (including phenoxy) is 2. The summed E-state index contributed by atoms with van der Waals surface area (Å²) < 4.78 is 14.2. The van der Waals surface area contributed by atoms with Crippen LogP contribution in [0.1, 0.15) is 48.7 Å². The fourth-order valence-electron chi connectivity index (χ4n) is 4.96. The Hall–Kier alpha value is -2.19. The summed E-state index contributed by atoms with van der Waals surface area (Å²) >= 11 is 5.31. The van der Waals surface area contributed by atoms with Crippen molar-refractivity contribution >= 4 is 48.4 Å². The zero-order chi connectivity index (χ0) is 24.7. The third-order valence-corrected chi connectivity index (χ3v) is 8.19. The zero-order valence-electron chi connectivity index (χ0n) is 20.8. The highest BCUT2D eigenvalue weighted by Crippen LogP contribution is 2.34. The number of hydrogen-bond donors (Lipinski definition) is 1. The van der Waals surface area contributed by atoms with Crippen molar-refractivity contribution in [1.82, 2.24) is 14.9 Å². The van der Waals surface area contributed by atoms with Crippen molar-refractivity contribution in [2.45, 2.75) is 45.1 Å². The minimum absolute atomic E-state index is 0.403. The maximum atomic E-state index is 5.99.